The van der Waals surface area contributed by atoms with Gasteiger partial charge in [-0.05, 0) is 29.2 Å². The second kappa shape index (κ2) is 4.91. The molecule has 4 heteroatoms. The molecule has 0 aromatic heterocycles. The quantitative estimate of drug-likeness (QED) is 0.743. The highest BCUT2D eigenvalue weighted by Gasteiger charge is 2.14. The van der Waals surface area contributed by atoms with E-state index in [0.29, 0.717) is 0 Å². The number of rotatable bonds is 4. The largest absolute Gasteiger partial charge is 0.545 e. The van der Waals surface area contributed by atoms with Crippen LogP contribution in [-0.4, -0.2) is 18.3 Å². The second-order valence-corrected chi connectivity index (χ2v) is 9.01. The average molecular weight is 241 g/mol. The molecule has 82 valence electrons. The normalized spacial score (nSPS) is 11.3. The van der Waals surface area contributed by atoms with Gasteiger partial charge in [0.15, 0.2) is 0 Å². The number of carbonyl (C=O) groups is 1. The summed E-state index contributed by atoms with van der Waals surface area (Å²) in [5.74, 6) is -1.14. The van der Waals surface area contributed by atoms with Crippen molar-refractivity contribution >= 4 is 29.1 Å². The van der Waals surface area contributed by atoms with E-state index in [1.165, 1.54) is 0 Å². The smallest absolute Gasteiger partial charge is 0.0715 e. The van der Waals surface area contributed by atoms with Crippen LogP contribution in [-0.2, 0) is 11.8 Å². The summed E-state index contributed by atoms with van der Waals surface area (Å²) in [6, 6.07) is 5.36. The van der Waals surface area contributed by atoms with E-state index in [9.17, 15) is 9.90 Å². The SMILES string of the molecule is CCP(=S)(CC)c1ccc(C(=O)[O-])cc1. The van der Waals surface area contributed by atoms with Gasteiger partial charge in [-0.1, -0.05) is 49.9 Å². The highest BCUT2D eigenvalue weighted by molar-refractivity contribution is 8.18. The molecule has 0 saturated heterocycles. The van der Waals surface area contributed by atoms with Crippen molar-refractivity contribution in [3.63, 3.8) is 0 Å². The van der Waals surface area contributed by atoms with Crippen LogP contribution in [0.2, 0.25) is 0 Å². The molecule has 0 heterocycles. The third kappa shape index (κ3) is 2.67. The van der Waals surface area contributed by atoms with Crippen molar-refractivity contribution in [3.8, 4) is 0 Å². The molecule has 15 heavy (non-hydrogen) atoms. The standard InChI is InChI=1S/C11H15O2PS/c1-3-14(15,4-2)10-7-5-9(6-8-10)11(12)13/h5-8H,3-4H2,1-2H3,(H,12,13)/p-1. The van der Waals surface area contributed by atoms with E-state index in [1.807, 2.05) is 12.1 Å². The lowest BCUT2D eigenvalue weighted by Crippen LogP contribution is -2.22. The fraction of sp³-hybridized carbons (Fsp3) is 0.364. The van der Waals surface area contributed by atoms with Gasteiger partial charge in [0.05, 0.1) is 5.97 Å². The number of aromatic carboxylic acids is 1. The lowest BCUT2D eigenvalue weighted by Gasteiger charge is -2.19. The summed E-state index contributed by atoms with van der Waals surface area (Å²) in [4.78, 5) is 10.6. The Morgan fingerprint density at radius 3 is 2.07 bits per heavy atom. The maximum Gasteiger partial charge on any atom is 0.0715 e. The number of carboxylic acid groups (broad SMARTS) is 1. The molecule has 0 aliphatic heterocycles. The van der Waals surface area contributed by atoms with E-state index in [2.05, 4.69) is 13.8 Å². The molecule has 1 aromatic rings. The zero-order valence-electron chi connectivity index (χ0n) is 8.90. The minimum atomic E-state index is -1.46. The van der Waals surface area contributed by atoms with Crippen molar-refractivity contribution < 1.29 is 9.90 Å². The van der Waals surface area contributed by atoms with Gasteiger partial charge in [-0.15, -0.1) is 0 Å². The fourth-order valence-electron chi connectivity index (χ4n) is 1.46. The summed E-state index contributed by atoms with van der Waals surface area (Å²) < 4.78 is 0. The molecule has 0 aliphatic carbocycles. The van der Waals surface area contributed by atoms with Crippen LogP contribution in [0.1, 0.15) is 24.2 Å². The average Bonchev–Trinajstić information content (AvgIpc) is 2.28. The maximum absolute atomic E-state index is 10.6. The predicted molar refractivity (Wildman–Crippen MR) is 65.8 cm³/mol. The fourth-order valence-corrected chi connectivity index (χ4v) is 3.69. The highest BCUT2D eigenvalue weighted by Crippen LogP contribution is 2.43. The van der Waals surface area contributed by atoms with Gasteiger partial charge in [0.25, 0.3) is 0 Å². The minimum Gasteiger partial charge on any atom is -0.545 e. The third-order valence-corrected chi connectivity index (χ3v) is 8.06. The van der Waals surface area contributed by atoms with E-state index in [0.717, 1.165) is 17.6 Å². The van der Waals surface area contributed by atoms with Gasteiger partial charge in [-0.3, -0.25) is 0 Å². The Hall–Kier alpha value is -0.660. The summed E-state index contributed by atoms with van der Waals surface area (Å²) >= 11 is 5.63. The van der Waals surface area contributed by atoms with Crippen molar-refractivity contribution in [1.82, 2.24) is 0 Å². The first kappa shape index (κ1) is 12.4. The molecular weight excluding hydrogens is 227 g/mol. The summed E-state index contributed by atoms with van der Waals surface area (Å²) in [6.07, 6.45) is 1.95. The summed E-state index contributed by atoms with van der Waals surface area (Å²) in [5, 5.41) is 11.7. The Morgan fingerprint density at radius 2 is 1.73 bits per heavy atom. The Balaban J connectivity index is 3.08. The van der Waals surface area contributed by atoms with Crippen LogP contribution < -0.4 is 10.4 Å². The number of carboxylic acids is 1. The first-order valence-electron chi connectivity index (χ1n) is 4.93. The van der Waals surface area contributed by atoms with Crippen molar-refractivity contribution in [1.29, 1.82) is 0 Å². The monoisotopic (exact) mass is 241 g/mol. The van der Waals surface area contributed by atoms with E-state index in [4.69, 9.17) is 11.8 Å². The van der Waals surface area contributed by atoms with Crippen LogP contribution >= 0.6 is 6.04 Å². The maximum atomic E-state index is 10.6. The lowest BCUT2D eigenvalue weighted by atomic mass is 10.2. The Labute approximate surface area is 95.3 Å². The van der Waals surface area contributed by atoms with Crippen molar-refractivity contribution in [3.05, 3.63) is 29.8 Å². The van der Waals surface area contributed by atoms with E-state index in [-0.39, 0.29) is 5.56 Å². The van der Waals surface area contributed by atoms with Crippen molar-refractivity contribution in [2.45, 2.75) is 13.8 Å². The van der Waals surface area contributed by atoms with E-state index in [1.54, 1.807) is 12.1 Å². The van der Waals surface area contributed by atoms with E-state index >= 15 is 0 Å². The number of hydrogen-bond acceptors (Lipinski definition) is 3. The zero-order chi connectivity index (χ0) is 11.5. The molecule has 2 nitrogen and oxygen atoms in total. The number of benzene rings is 1. The van der Waals surface area contributed by atoms with E-state index < -0.39 is 12.0 Å². The van der Waals surface area contributed by atoms with Gasteiger partial charge >= 0.3 is 0 Å². The second-order valence-electron chi connectivity index (χ2n) is 3.36. The minimum absolute atomic E-state index is 0.215. The Bertz CT molecular complexity index is 390. The molecule has 1 rings (SSSR count). The lowest BCUT2D eigenvalue weighted by molar-refractivity contribution is -0.255. The summed E-state index contributed by atoms with van der Waals surface area (Å²) in [6.45, 7) is 4.19. The van der Waals surface area contributed by atoms with Gasteiger partial charge in [0.1, 0.15) is 0 Å². The molecule has 0 aliphatic rings. The molecule has 0 spiro atoms. The molecule has 1 aromatic carbocycles. The Kier molecular flexibility index (Phi) is 4.06. The highest BCUT2D eigenvalue weighted by atomic mass is 32.4. The van der Waals surface area contributed by atoms with Crippen LogP contribution in [0, 0.1) is 0 Å². The molecule has 0 bridgehead atoms. The van der Waals surface area contributed by atoms with Crippen LogP contribution in [0.4, 0.5) is 0 Å². The van der Waals surface area contributed by atoms with Gasteiger partial charge in [-0.2, -0.15) is 0 Å². The predicted octanol–water partition coefficient (Wildman–Crippen LogP) is 1.19. The van der Waals surface area contributed by atoms with Gasteiger partial charge in [0.2, 0.25) is 0 Å². The Morgan fingerprint density at radius 1 is 1.27 bits per heavy atom. The first-order chi connectivity index (χ1) is 7.03. The first-order valence-corrected chi connectivity index (χ1v) is 8.11. The molecule has 0 radical (unpaired) electrons. The van der Waals surface area contributed by atoms with Gasteiger partial charge in [0, 0.05) is 0 Å². The zero-order valence-corrected chi connectivity index (χ0v) is 10.6. The molecule has 0 atom stereocenters. The molecule has 0 unspecified atom stereocenters. The molecule has 0 saturated carbocycles. The molecule has 0 fully saturated rings. The van der Waals surface area contributed by atoms with Crippen molar-refractivity contribution in [2.75, 3.05) is 12.3 Å². The summed E-state index contributed by atoms with van der Waals surface area (Å²) in [7, 11) is 0. The molecular formula is C11H14O2PS-. The number of hydrogen-bond donors (Lipinski definition) is 0. The van der Waals surface area contributed by atoms with Gasteiger partial charge in [-0.25, -0.2) is 0 Å². The summed E-state index contributed by atoms with van der Waals surface area (Å²) in [5.41, 5.74) is 0.215. The van der Waals surface area contributed by atoms with Crippen LogP contribution in [0.25, 0.3) is 0 Å². The number of carbonyl (C=O) groups excluding carboxylic acids is 1. The van der Waals surface area contributed by atoms with Crippen LogP contribution in [0.5, 0.6) is 0 Å². The molecule has 0 N–H and O–H groups in total. The van der Waals surface area contributed by atoms with Crippen molar-refractivity contribution in [2.24, 2.45) is 0 Å². The topological polar surface area (TPSA) is 40.1 Å². The third-order valence-electron chi connectivity index (χ3n) is 2.60. The van der Waals surface area contributed by atoms with Gasteiger partial charge < -0.3 is 9.90 Å². The molecule has 0 amide bonds. The van der Waals surface area contributed by atoms with Crippen LogP contribution in [0.15, 0.2) is 24.3 Å². The van der Waals surface area contributed by atoms with Crippen LogP contribution in [0.3, 0.4) is 0 Å².